The van der Waals surface area contributed by atoms with E-state index in [1.54, 1.807) is 11.3 Å². The summed E-state index contributed by atoms with van der Waals surface area (Å²) in [4.78, 5) is 23.3. The van der Waals surface area contributed by atoms with Crippen LogP contribution in [-0.2, 0) is 9.53 Å². The monoisotopic (exact) mass is 397 g/mol. The molecule has 2 aliphatic heterocycles. The van der Waals surface area contributed by atoms with Crippen molar-refractivity contribution in [1.29, 1.82) is 0 Å². The van der Waals surface area contributed by atoms with Crippen LogP contribution in [0, 0.1) is 20.8 Å². The molecule has 0 atom stereocenters. The number of fused-ring (bicyclic) bond motifs is 1. The van der Waals surface area contributed by atoms with Gasteiger partial charge in [0.25, 0.3) is 0 Å². The van der Waals surface area contributed by atoms with Crippen LogP contribution in [0.2, 0.25) is 0 Å². The Hall–Kier alpha value is -2.02. The van der Waals surface area contributed by atoms with Crippen LogP contribution in [0.15, 0.2) is 29.3 Å². The van der Waals surface area contributed by atoms with Gasteiger partial charge in [0.2, 0.25) is 5.91 Å². The van der Waals surface area contributed by atoms with Gasteiger partial charge in [-0.3, -0.25) is 14.7 Å². The standard InChI is InChI=1S/C22H27N3O2S/c1-15-4-6-18(7-5-15)21-20-16(2)17(3)28-22(20)25(19(26)14-23-21)9-8-24-10-12-27-13-11-24/h4-7H,8-14H2,1-3H3. The number of carbonyl (C=O) groups excluding carboxylic acids is 1. The van der Waals surface area contributed by atoms with E-state index in [1.165, 1.54) is 16.0 Å². The predicted octanol–water partition coefficient (Wildman–Crippen LogP) is 3.19. The summed E-state index contributed by atoms with van der Waals surface area (Å²) in [5.41, 5.74) is 5.60. The number of amides is 1. The first kappa shape index (κ1) is 19.3. The van der Waals surface area contributed by atoms with Crippen molar-refractivity contribution in [2.24, 2.45) is 4.99 Å². The van der Waals surface area contributed by atoms with Crippen LogP contribution < -0.4 is 4.90 Å². The molecule has 4 rings (SSSR count). The number of carbonyl (C=O) groups is 1. The van der Waals surface area contributed by atoms with Gasteiger partial charge in [-0.15, -0.1) is 11.3 Å². The Morgan fingerprint density at radius 2 is 1.79 bits per heavy atom. The zero-order valence-corrected chi connectivity index (χ0v) is 17.6. The molecule has 1 aromatic heterocycles. The van der Waals surface area contributed by atoms with Gasteiger partial charge in [-0.1, -0.05) is 29.8 Å². The Labute approximate surface area is 170 Å². The van der Waals surface area contributed by atoms with E-state index in [2.05, 4.69) is 49.9 Å². The van der Waals surface area contributed by atoms with Crippen molar-refractivity contribution < 1.29 is 9.53 Å². The summed E-state index contributed by atoms with van der Waals surface area (Å²) in [6.45, 7) is 11.5. The molecule has 3 heterocycles. The molecule has 0 aliphatic carbocycles. The van der Waals surface area contributed by atoms with Gasteiger partial charge in [-0.2, -0.15) is 0 Å². The van der Waals surface area contributed by atoms with E-state index in [0.717, 1.165) is 54.7 Å². The predicted molar refractivity (Wildman–Crippen MR) is 115 cm³/mol. The number of aryl methyl sites for hydroxylation is 2. The van der Waals surface area contributed by atoms with Gasteiger partial charge in [0, 0.05) is 42.2 Å². The maximum Gasteiger partial charge on any atom is 0.249 e. The number of nitrogens with zero attached hydrogens (tertiary/aromatic N) is 3. The van der Waals surface area contributed by atoms with Crippen molar-refractivity contribution in [3.63, 3.8) is 0 Å². The largest absolute Gasteiger partial charge is 0.379 e. The van der Waals surface area contributed by atoms with Crippen LogP contribution in [0.5, 0.6) is 0 Å². The first-order valence-corrected chi connectivity index (χ1v) is 10.7. The molecule has 0 radical (unpaired) electrons. The third kappa shape index (κ3) is 3.77. The Balaban J connectivity index is 1.68. The number of thiophene rings is 1. The number of morpholine rings is 1. The van der Waals surface area contributed by atoms with Gasteiger partial charge >= 0.3 is 0 Å². The lowest BCUT2D eigenvalue weighted by molar-refractivity contribution is -0.117. The van der Waals surface area contributed by atoms with Gasteiger partial charge < -0.3 is 9.64 Å². The molecule has 1 fully saturated rings. The first-order chi connectivity index (χ1) is 13.5. The maximum absolute atomic E-state index is 13.0. The highest BCUT2D eigenvalue weighted by Crippen LogP contribution is 2.38. The highest BCUT2D eigenvalue weighted by molar-refractivity contribution is 7.17. The molecule has 5 nitrogen and oxygen atoms in total. The second-order valence-electron chi connectivity index (χ2n) is 7.49. The zero-order chi connectivity index (χ0) is 19.7. The molecule has 0 spiro atoms. The SMILES string of the molecule is Cc1ccc(C2=NCC(=O)N(CCN3CCOCC3)c3sc(C)c(C)c32)cc1. The molecule has 1 saturated heterocycles. The van der Waals surface area contributed by atoms with E-state index in [1.807, 2.05) is 4.90 Å². The molecule has 0 unspecified atom stereocenters. The van der Waals surface area contributed by atoms with E-state index >= 15 is 0 Å². The number of rotatable bonds is 4. The highest BCUT2D eigenvalue weighted by atomic mass is 32.1. The van der Waals surface area contributed by atoms with Crippen LogP contribution >= 0.6 is 11.3 Å². The fraction of sp³-hybridized carbons (Fsp3) is 0.455. The van der Waals surface area contributed by atoms with Crippen LogP contribution in [-0.4, -0.2) is 62.5 Å². The van der Waals surface area contributed by atoms with Crippen molar-refractivity contribution in [2.45, 2.75) is 20.8 Å². The molecule has 2 aliphatic rings. The summed E-state index contributed by atoms with van der Waals surface area (Å²) < 4.78 is 5.44. The molecule has 1 aromatic carbocycles. The van der Waals surface area contributed by atoms with Crippen molar-refractivity contribution in [3.05, 3.63) is 51.4 Å². The van der Waals surface area contributed by atoms with Crippen molar-refractivity contribution in [3.8, 4) is 0 Å². The minimum atomic E-state index is 0.0814. The Bertz CT molecular complexity index is 895. The third-order valence-corrected chi connectivity index (χ3v) is 6.82. The van der Waals surface area contributed by atoms with Gasteiger partial charge in [0.1, 0.15) is 11.5 Å². The Morgan fingerprint density at radius 3 is 2.50 bits per heavy atom. The average Bonchev–Trinajstić information content (AvgIpc) is 2.91. The van der Waals surface area contributed by atoms with Crippen molar-refractivity contribution >= 4 is 28.0 Å². The molecule has 28 heavy (non-hydrogen) atoms. The number of anilines is 1. The van der Waals surface area contributed by atoms with E-state index < -0.39 is 0 Å². The fourth-order valence-electron chi connectivity index (χ4n) is 3.74. The Morgan fingerprint density at radius 1 is 1.07 bits per heavy atom. The maximum atomic E-state index is 13.0. The van der Waals surface area contributed by atoms with Gasteiger partial charge in [-0.05, 0) is 26.3 Å². The lowest BCUT2D eigenvalue weighted by atomic mass is 9.99. The first-order valence-electron chi connectivity index (χ1n) is 9.87. The summed E-state index contributed by atoms with van der Waals surface area (Å²) in [6, 6.07) is 8.43. The molecule has 1 amide bonds. The number of hydrogen-bond acceptors (Lipinski definition) is 5. The number of ether oxygens (including phenoxy) is 1. The van der Waals surface area contributed by atoms with Crippen molar-refractivity contribution in [1.82, 2.24) is 4.90 Å². The van der Waals surface area contributed by atoms with Crippen LogP contribution in [0.4, 0.5) is 5.00 Å². The molecule has 0 N–H and O–H groups in total. The van der Waals surface area contributed by atoms with Gasteiger partial charge in [0.15, 0.2) is 0 Å². The smallest absolute Gasteiger partial charge is 0.249 e. The van der Waals surface area contributed by atoms with Crippen molar-refractivity contribution in [2.75, 3.05) is 50.8 Å². The lowest BCUT2D eigenvalue weighted by Crippen LogP contribution is -2.43. The normalized spacial score (nSPS) is 18.0. The molecule has 6 heteroatoms. The second kappa shape index (κ2) is 8.15. The highest BCUT2D eigenvalue weighted by Gasteiger charge is 2.29. The van der Waals surface area contributed by atoms with E-state index in [0.29, 0.717) is 6.54 Å². The molecule has 0 bridgehead atoms. The quantitative estimate of drug-likeness (QED) is 0.796. The fourth-order valence-corrected chi connectivity index (χ4v) is 4.94. The average molecular weight is 398 g/mol. The summed E-state index contributed by atoms with van der Waals surface area (Å²) >= 11 is 1.71. The number of benzene rings is 1. The summed E-state index contributed by atoms with van der Waals surface area (Å²) in [5.74, 6) is 0.0814. The molecule has 148 valence electrons. The minimum Gasteiger partial charge on any atom is -0.379 e. The summed E-state index contributed by atoms with van der Waals surface area (Å²) in [6.07, 6.45) is 0. The Kier molecular flexibility index (Phi) is 5.62. The summed E-state index contributed by atoms with van der Waals surface area (Å²) in [7, 11) is 0. The van der Waals surface area contributed by atoms with Gasteiger partial charge in [-0.25, -0.2) is 0 Å². The van der Waals surface area contributed by atoms with Gasteiger partial charge in [0.05, 0.1) is 18.9 Å². The minimum absolute atomic E-state index is 0.0814. The zero-order valence-electron chi connectivity index (χ0n) is 16.8. The van der Waals surface area contributed by atoms with E-state index in [4.69, 9.17) is 9.73 Å². The number of hydrogen-bond donors (Lipinski definition) is 0. The third-order valence-electron chi connectivity index (χ3n) is 5.59. The summed E-state index contributed by atoms with van der Waals surface area (Å²) in [5, 5.41) is 1.05. The molecule has 2 aromatic rings. The molecular formula is C22H27N3O2S. The van der Waals surface area contributed by atoms with Crippen LogP contribution in [0.1, 0.15) is 27.1 Å². The van der Waals surface area contributed by atoms with E-state index in [-0.39, 0.29) is 12.5 Å². The van der Waals surface area contributed by atoms with E-state index in [9.17, 15) is 4.79 Å². The lowest BCUT2D eigenvalue weighted by Gasteiger charge is -2.29. The topological polar surface area (TPSA) is 45.1 Å². The number of aliphatic imine (C=N–C) groups is 1. The van der Waals surface area contributed by atoms with Crippen LogP contribution in [0.25, 0.3) is 0 Å². The molecule has 0 saturated carbocycles. The van der Waals surface area contributed by atoms with Crippen LogP contribution in [0.3, 0.4) is 0 Å². The second-order valence-corrected chi connectivity index (χ2v) is 8.70. The molecular weight excluding hydrogens is 370 g/mol.